The minimum absolute atomic E-state index is 0.770. The Morgan fingerprint density at radius 1 is 1.00 bits per heavy atom. The summed E-state index contributed by atoms with van der Waals surface area (Å²) in [6.07, 6.45) is 5.66. The van der Waals surface area contributed by atoms with E-state index >= 15 is 0 Å². The summed E-state index contributed by atoms with van der Waals surface area (Å²) in [5.74, 6) is 1.70. The van der Waals surface area contributed by atoms with Crippen molar-refractivity contribution in [3.8, 4) is 0 Å². The van der Waals surface area contributed by atoms with Crippen molar-refractivity contribution in [1.29, 1.82) is 0 Å². The number of hydrogen-bond donors (Lipinski definition) is 2. The van der Waals surface area contributed by atoms with E-state index in [1.807, 2.05) is 6.07 Å². The molecule has 0 spiro atoms. The van der Waals surface area contributed by atoms with Crippen LogP contribution in [0.4, 0.5) is 0 Å². The summed E-state index contributed by atoms with van der Waals surface area (Å²) in [4.78, 5) is 4.23. The number of benzene rings is 1. The van der Waals surface area contributed by atoms with Crippen LogP contribution in [0.2, 0.25) is 0 Å². The van der Waals surface area contributed by atoms with Gasteiger partial charge in [-0.05, 0) is 43.6 Å². The second-order valence-corrected chi connectivity index (χ2v) is 6.50. The van der Waals surface area contributed by atoms with Gasteiger partial charge in [0.25, 0.3) is 0 Å². The molecule has 2 N–H and O–H groups in total. The first-order valence-electron chi connectivity index (χ1n) is 9.52. The molecule has 0 radical (unpaired) electrons. The highest BCUT2D eigenvalue weighted by Gasteiger charge is 2.20. The van der Waals surface area contributed by atoms with E-state index in [9.17, 15) is 0 Å². The number of rotatable bonds is 13. The fourth-order valence-electron chi connectivity index (χ4n) is 2.45. The second kappa shape index (κ2) is 12.7. The standard InChI is InChI=1S/C20H33N3O2/c1-21-20(23-13-6-15-25-17-19-9-10-19)22-12-5-14-24-16-11-18-7-3-2-4-8-18/h2-4,7-8,19H,5-6,9-17H2,1H3,(H2,21,22,23). The van der Waals surface area contributed by atoms with E-state index in [1.54, 1.807) is 7.05 Å². The van der Waals surface area contributed by atoms with Gasteiger partial charge in [-0.15, -0.1) is 0 Å². The average Bonchev–Trinajstić information content (AvgIpc) is 3.47. The van der Waals surface area contributed by atoms with Crippen LogP contribution in [0, 0.1) is 5.92 Å². The summed E-state index contributed by atoms with van der Waals surface area (Å²) in [6, 6.07) is 10.4. The van der Waals surface area contributed by atoms with Gasteiger partial charge in [-0.25, -0.2) is 0 Å². The van der Waals surface area contributed by atoms with Gasteiger partial charge in [0.15, 0.2) is 5.96 Å². The summed E-state index contributed by atoms with van der Waals surface area (Å²) in [5, 5.41) is 6.63. The van der Waals surface area contributed by atoms with E-state index in [4.69, 9.17) is 9.47 Å². The highest BCUT2D eigenvalue weighted by Crippen LogP contribution is 2.28. The van der Waals surface area contributed by atoms with E-state index in [0.29, 0.717) is 0 Å². The Morgan fingerprint density at radius 3 is 2.32 bits per heavy atom. The van der Waals surface area contributed by atoms with Crippen molar-refractivity contribution in [2.45, 2.75) is 32.1 Å². The molecule has 0 saturated heterocycles. The van der Waals surface area contributed by atoms with Crippen LogP contribution in [0.25, 0.3) is 0 Å². The van der Waals surface area contributed by atoms with E-state index in [2.05, 4.69) is 39.9 Å². The van der Waals surface area contributed by atoms with E-state index in [0.717, 1.165) is 70.7 Å². The Kier molecular flexibility index (Phi) is 10.0. The number of aliphatic imine (C=N–C) groups is 1. The van der Waals surface area contributed by atoms with Gasteiger partial charge in [-0.2, -0.15) is 0 Å². The van der Waals surface area contributed by atoms with Crippen molar-refractivity contribution in [1.82, 2.24) is 10.6 Å². The molecular formula is C20H33N3O2. The lowest BCUT2D eigenvalue weighted by atomic mass is 10.2. The first-order valence-corrected chi connectivity index (χ1v) is 9.52. The Bertz CT molecular complexity index is 475. The molecule has 0 unspecified atom stereocenters. The largest absolute Gasteiger partial charge is 0.381 e. The minimum Gasteiger partial charge on any atom is -0.381 e. The van der Waals surface area contributed by atoms with Crippen LogP contribution in [0.15, 0.2) is 35.3 Å². The molecule has 5 heteroatoms. The zero-order chi connectivity index (χ0) is 17.6. The monoisotopic (exact) mass is 347 g/mol. The number of ether oxygens (including phenoxy) is 2. The molecule has 2 rings (SSSR count). The summed E-state index contributed by atoms with van der Waals surface area (Å²) in [7, 11) is 1.80. The first kappa shape index (κ1) is 19.7. The summed E-state index contributed by atoms with van der Waals surface area (Å²) >= 11 is 0. The molecule has 1 saturated carbocycles. The lowest BCUT2D eigenvalue weighted by Crippen LogP contribution is -2.38. The molecular weight excluding hydrogens is 314 g/mol. The van der Waals surface area contributed by atoms with Gasteiger partial charge in [-0.1, -0.05) is 30.3 Å². The topological polar surface area (TPSA) is 54.9 Å². The van der Waals surface area contributed by atoms with Crippen LogP contribution in [-0.4, -0.2) is 52.5 Å². The third-order valence-electron chi connectivity index (χ3n) is 4.17. The maximum Gasteiger partial charge on any atom is 0.190 e. The normalized spacial score (nSPS) is 14.5. The van der Waals surface area contributed by atoms with Crippen LogP contribution in [0.5, 0.6) is 0 Å². The van der Waals surface area contributed by atoms with Crippen LogP contribution < -0.4 is 10.6 Å². The minimum atomic E-state index is 0.770. The number of nitrogens with zero attached hydrogens (tertiary/aromatic N) is 1. The first-order chi connectivity index (χ1) is 12.4. The molecule has 140 valence electrons. The van der Waals surface area contributed by atoms with E-state index in [-0.39, 0.29) is 0 Å². The van der Waals surface area contributed by atoms with Gasteiger partial charge in [0.2, 0.25) is 0 Å². The Morgan fingerprint density at radius 2 is 1.68 bits per heavy atom. The van der Waals surface area contributed by atoms with Crippen molar-refractivity contribution >= 4 is 5.96 Å². The zero-order valence-corrected chi connectivity index (χ0v) is 15.5. The van der Waals surface area contributed by atoms with Gasteiger partial charge in [0.1, 0.15) is 0 Å². The SMILES string of the molecule is CN=C(NCCCOCCc1ccccc1)NCCCOCC1CC1. The Hall–Kier alpha value is -1.59. The number of hydrogen-bond acceptors (Lipinski definition) is 3. The van der Waals surface area contributed by atoms with Crippen molar-refractivity contribution in [2.75, 3.05) is 46.6 Å². The predicted octanol–water partition coefficient (Wildman–Crippen LogP) is 2.62. The molecule has 1 aromatic carbocycles. The van der Waals surface area contributed by atoms with Crippen molar-refractivity contribution in [2.24, 2.45) is 10.9 Å². The molecule has 1 aliphatic carbocycles. The van der Waals surface area contributed by atoms with Gasteiger partial charge in [-0.3, -0.25) is 4.99 Å². The Labute approximate surface area is 152 Å². The second-order valence-electron chi connectivity index (χ2n) is 6.50. The molecule has 0 aliphatic heterocycles. The quantitative estimate of drug-likeness (QED) is 0.327. The molecule has 0 amide bonds. The van der Waals surface area contributed by atoms with Crippen LogP contribution in [0.1, 0.15) is 31.2 Å². The van der Waals surface area contributed by atoms with Crippen molar-refractivity contribution < 1.29 is 9.47 Å². The molecule has 1 aliphatic rings. The van der Waals surface area contributed by atoms with Gasteiger partial charge in [0.05, 0.1) is 6.61 Å². The zero-order valence-electron chi connectivity index (χ0n) is 15.5. The molecule has 25 heavy (non-hydrogen) atoms. The molecule has 0 aromatic heterocycles. The van der Waals surface area contributed by atoms with Crippen LogP contribution in [0.3, 0.4) is 0 Å². The Balaban J connectivity index is 1.37. The summed E-state index contributed by atoms with van der Waals surface area (Å²) < 4.78 is 11.3. The fraction of sp³-hybridized carbons (Fsp3) is 0.650. The van der Waals surface area contributed by atoms with Crippen LogP contribution >= 0.6 is 0 Å². The van der Waals surface area contributed by atoms with Gasteiger partial charge in [0, 0.05) is 40.0 Å². The summed E-state index contributed by atoms with van der Waals surface area (Å²) in [6.45, 7) is 5.07. The molecule has 0 heterocycles. The third kappa shape index (κ3) is 10.1. The van der Waals surface area contributed by atoms with E-state index in [1.165, 1.54) is 18.4 Å². The number of nitrogens with one attached hydrogen (secondary N) is 2. The fourth-order valence-corrected chi connectivity index (χ4v) is 2.45. The maximum absolute atomic E-state index is 5.69. The lowest BCUT2D eigenvalue weighted by Gasteiger charge is -2.12. The van der Waals surface area contributed by atoms with Crippen LogP contribution in [-0.2, 0) is 15.9 Å². The summed E-state index contributed by atoms with van der Waals surface area (Å²) in [5.41, 5.74) is 1.33. The van der Waals surface area contributed by atoms with Crippen molar-refractivity contribution in [3.63, 3.8) is 0 Å². The lowest BCUT2D eigenvalue weighted by molar-refractivity contribution is 0.123. The molecule has 0 atom stereocenters. The highest BCUT2D eigenvalue weighted by molar-refractivity contribution is 5.79. The molecule has 1 fully saturated rings. The molecule has 0 bridgehead atoms. The van der Waals surface area contributed by atoms with E-state index < -0.39 is 0 Å². The predicted molar refractivity (Wildman–Crippen MR) is 103 cm³/mol. The average molecular weight is 348 g/mol. The third-order valence-corrected chi connectivity index (χ3v) is 4.17. The smallest absolute Gasteiger partial charge is 0.190 e. The maximum atomic E-state index is 5.69. The molecule has 1 aromatic rings. The molecule has 5 nitrogen and oxygen atoms in total. The number of guanidine groups is 1. The van der Waals surface area contributed by atoms with Gasteiger partial charge >= 0.3 is 0 Å². The van der Waals surface area contributed by atoms with Crippen molar-refractivity contribution in [3.05, 3.63) is 35.9 Å². The highest BCUT2D eigenvalue weighted by atomic mass is 16.5. The van der Waals surface area contributed by atoms with Gasteiger partial charge < -0.3 is 20.1 Å².